The molecular formula is C21H23ClF2N4O3. The lowest BCUT2D eigenvalue weighted by Crippen LogP contribution is -2.32. The number of carbonyl (C=O) groups excluding carboxylic acids is 2. The van der Waals surface area contributed by atoms with Gasteiger partial charge < -0.3 is 15.8 Å². The zero-order chi connectivity index (χ0) is 23.1. The molecule has 2 amide bonds. The van der Waals surface area contributed by atoms with E-state index >= 15 is 0 Å². The van der Waals surface area contributed by atoms with Crippen molar-refractivity contribution >= 4 is 29.4 Å². The minimum absolute atomic E-state index is 0.0241. The van der Waals surface area contributed by atoms with Crippen molar-refractivity contribution in [3.63, 3.8) is 0 Å². The van der Waals surface area contributed by atoms with E-state index in [4.69, 9.17) is 27.7 Å². The van der Waals surface area contributed by atoms with Crippen molar-refractivity contribution in [3.05, 3.63) is 70.3 Å². The maximum absolute atomic E-state index is 14.7. The van der Waals surface area contributed by atoms with E-state index in [0.29, 0.717) is 11.1 Å². The van der Waals surface area contributed by atoms with Crippen LogP contribution in [0.15, 0.2) is 36.4 Å². The summed E-state index contributed by atoms with van der Waals surface area (Å²) in [5.74, 6) is -3.79. The first-order chi connectivity index (χ1) is 14.7. The number of benzene rings is 2. The Kier molecular flexibility index (Phi) is 8.47. The third-order valence-corrected chi connectivity index (χ3v) is 4.78. The molecule has 0 saturated carbocycles. The van der Waals surface area contributed by atoms with E-state index < -0.39 is 35.1 Å². The molecule has 2 rings (SSSR count). The van der Waals surface area contributed by atoms with Crippen molar-refractivity contribution in [1.82, 2.24) is 9.74 Å². The van der Waals surface area contributed by atoms with Crippen LogP contribution >= 0.6 is 11.8 Å². The van der Waals surface area contributed by atoms with Gasteiger partial charge in [-0.15, -0.1) is 0 Å². The first-order valence-electron chi connectivity index (χ1n) is 9.48. The van der Waals surface area contributed by atoms with Crippen LogP contribution < -0.4 is 11.1 Å². The zero-order valence-electron chi connectivity index (χ0n) is 17.0. The van der Waals surface area contributed by atoms with Gasteiger partial charge in [-0.25, -0.2) is 8.78 Å². The number of halogens is 3. The molecule has 0 aromatic heterocycles. The second kappa shape index (κ2) is 10.8. The van der Waals surface area contributed by atoms with Crippen molar-refractivity contribution in [2.24, 2.45) is 5.73 Å². The van der Waals surface area contributed by atoms with E-state index in [2.05, 4.69) is 5.32 Å². The second-order valence-corrected chi connectivity index (χ2v) is 6.91. The summed E-state index contributed by atoms with van der Waals surface area (Å²) in [6, 6.07) is 8.22. The Balaban J connectivity index is 2.23. The number of carbonyl (C=O) groups is 2. The summed E-state index contributed by atoms with van der Waals surface area (Å²) in [4.78, 5) is 24.7. The number of rotatable bonds is 9. The van der Waals surface area contributed by atoms with Crippen molar-refractivity contribution in [2.75, 3.05) is 13.2 Å². The summed E-state index contributed by atoms with van der Waals surface area (Å²) in [5, 5.41) is 9.95. The second-order valence-electron chi connectivity index (χ2n) is 6.50. The van der Waals surface area contributed by atoms with Crippen LogP contribution in [-0.4, -0.2) is 35.2 Å². The summed E-state index contributed by atoms with van der Waals surface area (Å²) in [6.45, 7) is 3.42. The summed E-state index contributed by atoms with van der Waals surface area (Å²) in [5.41, 5.74) is 5.74. The van der Waals surface area contributed by atoms with Crippen molar-refractivity contribution < 1.29 is 23.1 Å². The number of nitrogens with two attached hydrogens (primary N) is 1. The Hall–Kier alpha value is -3.04. The van der Waals surface area contributed by atoms with Gasteiger partial charge in [0.15, 0.2) is 6.10 Å². The highest BCUT2D eigenvalue weighted by atomic mass is 35.5. The van der Waals surface area contributed by atoms with Gasteiger partial charge in [0.2, 0.25) is 0 Å². The number of nitrogens with one attached hydrogen (secondary N) is 2. The fourth-order valence-electron chi connectivity index (χ4n) is 2.78. The molecule has 0 heterocycles. The summed E-state index contributed by atoms with van der Waals surface area (Å²) < 4.78 is 35.5. The first-order valence-corrected chi connectivity index (χ1v) is 9.82. The van der Waals surface area contributed by atoms with Crippen LogP contribution in [0.5, 0.6) is 0 Å². The normalized spacial score (nSPS) is 11.6. The Bertz CT molecular complexity index is 947. The van der Waals surface area contributed by atoms with Gasteiger partial charge in [0.25, 0.3) is 11.8 Å². The average Bonchev–Trinajstić information content (AvgIpc) is 2.75. The third kappa shape index (κ3) is 5.99. The highest BCUT2D eigenvalue weighted by Gasteiger charge is 2.29. The monoisotopic (exact) mass is 452 g/mol. The molecule has 0 bridgehead atoms. The van der Waals surface area contributed by atoms with Gasteiger partial charge >= 0.3 is 0 Å². The quantitative estimate of drug-likeness (QED) is 0.308. The van der Waals surface area contributed by atoms with E-state index in [1.165, 1.54) is 0 Å². The molecule has 31 heavy (non-hydrogen) atoms. The molecule has 10 heteroatoms. The lowest BCUT2D eigenvalue weighted by Gasteiger charge is -2.19. The fourth-order valence-corrected chi connectivity index (χ4v) is 2.88. The lowest BCUT2D eigenvalue weighted by atomic mass is 10.0. The van der Waals surface area contributed by atoms with Gasteiger partial charge in [-0.3, -0.25) is 19.4 Å². The van der Waals surface area contributed by atoms with Crippen LogP contribution in [0.25, 0.3) is 0 Å². The molecule has 0 aliphatic carbocycles. The molecule has 7 nitrogen and oxygen atoms in total. The topological polar surface area (TPSA) is 109 Å². The minimum Gasteiger partial charge on any atom is -0.384 e. The molecule has 166 valence electrons. The van der Waals surface area contributed by atoms with Gasteiger partial charge in [0.05, 0.1) is 5.56 Å². The summed E-state index contributed by atoms with van der Waals surface area (Å²) in [7, 11) is 0. The molecular weight excluding hydrogens is 430 g/mol. The smallest absolute Gasteiger partial charge is 0.268 e. The average molecular weight is 453 g/mol. The van der Waals surface area contributed by atoms with Gasteiger partial charge in [0.1, 0.15) is 17.5 Å². The van der Waals surface area contributed by atoms with Crippen molar-refractivity contribution in [2.45, 2.75) is 26.5 Å². The Labute approximate surface area is 183 Å². The predicted octanol–water partition coefficient (Wildman–Crippen LogP) is 3.26. The molecule has 1 atom stereocenters. The standard InChI is InChI=1S/C21H23ClF2N4O3/c1-3-28(22)21(30)14-9-15(23)17(16(24)10-14)18(31-4-2)20(29)27-11-12-5-7-13(8-6-12)19(25)26/h5-10,18H,3-4,11H2,1-2H3,(H3,25,26)(H,27,29). The van der Waals surface area contributed by atoms with Crippen LogP contribution in [0.3, 0.4) is 0 Å². The number of ether oxygens (including phenoxy) is 1. The van der Waals surface area contributed by atoms with Gasteiger partial charge in [-0.2, -0.15) is 0 Å². The van der Waals surface area contributed by atoms with Crippen LogP contribution in [0.1, 0.15) is 47.0 Å². The summed E-state index contributed by atoms with van der Waals surface area (Å²) in [6.07, 6.45) is -1.55. The van der Waals surface area contributed by atoms with Crippen molar-refractivity contribution in [1.29, 1.82) is 5.41 Å². The maximum atomic E-state index is 14.7. The van der Waals surface area contributed by atoms with E-state index in [1.807, 2.05) is 0 Å². The van der Waals surface area contributed by atoms with E-state index in [-0.39, 0.29) is 31.1 Å². The Morgan fingerprint density at radius 1 is 1.16 bits per heavy atom. The number of nitrogens with zero attached hydrogens (tertiary/aromatic N) is 1. The van der Waals surface area contributed by atoms with Gasteiger partial charge in [-0.05, 0) is 31.5 Å². The van der Waals surface area contributed by atoms with Crippen LogP contribution in [-0.2, 0) is 16.1 Å². The number of hydrogen-bond acceptors (Lipinski definition) is 4. The highest BCUT2D eigenvalue weighted by molar-refractivity contribution is 6.24. The molecule has 0 aliphatic rings. The van der Waals surface area contributed by atoms with Crippen LogP contribution in [0.4, 0.5) is 8.78 Å². The molecule has 0 saturated heterocycles. The summed E-state index contributed by atoms with van der Waals surface area (Å²) >= 11 is 5.72. The van der Waals surface area contributed by atoms with Crippen molar-refractivity contribution in [3.8, 4) is 0 Å². The Morgan fingerprint density at radius 2 is 1.74 bits per heavy atom. The SMILES string of the molecule is CCOC(C(=O)NCc1ccc(C(=N)N)cc1)c1c(F)cc(C(=O)N(Cl)CC)cc1F. The number of nitrogen functional groups attached to an aromatic ring is 1. The van der Waals surface area contributed by atoms with E-state index in [9.17, 15) is 18.4 Å². The third-order valence-electron chi connectivity index (χ3n) is 4.39. The molecule has 0 fully saturated rings. The number of amides is 2. The van der Waals surface area contributed by atoms with Gasteiger partial charge in [0, 0.05) is 42.6 Å². The maximum Gasteiger partial charge on any atom is 0.268 e. The van der Waals surface area contributed by atoms with Gasteiger partial charge in [-0.1, -0.05) is 24.3 Å². The van der Waals surface area contributed by atoms with E-state index in [0.717, 1.165) is 16.6 Å². The lowest BCUT2D eigenvalue weighted by molar-refractivity contribution is -0.133. The number of amidine groups is 1. The molecule has 0 spiro atoms. The number of hydrogen-bond donors (Lipinski definition) is 3. The van der Waals surface area contributed by atoms with E-state index in [1.54, 1.807) is 38.1 Å². The highest BCUT2D eigenvalue weighted by Crippen LogP contribution is 2.26. The molecule has 0 radical (unpaired) electrons. The first kappa shape index (κ1) is 24.2. The van der Waals surface area contributed by atoms with Crippen LogP contribution in [0, 0.1) is 17.0 Å². The molecule has 1 unspecified atom stereocenters. The fraction of sp³-hybridized carbons (Fsp3) is 0.286. The zero-order valence-corrected chi connectivity index (χ0v) is 17.8. The largest absolute Gasteiger partial charge is 0.384 e. The predicted molar refractivity (Wildman–Crippen MR) is 113 cm³/mol. The minimum atomic E-state index is -1.55. The molecule has 2 aromatic rings. The molecule has 4 N–H and O–H groups in total. The van der Waals surface area contributed by atoms with Crippen LogP contribution in [0.2, 0.25) is 0 Å². The molecule has 2 aromatic carbocycles. The molecule has 0 aliphatic heterocycles. The Morgan fingerprint density at radius 3 is 2.23 bits per heavy atom.